The van der Waals surface area contributed by atoms with Crippen LogP contribution in [-0.2, 0) is 4.79 Å². The normalized spacial score (nSPS) is 21.6. The van der Waals surface area contributed by atoms with Crippen LogP contribution in [0, 0.1) is 0 Å². The third-order valence-corrected chi connectivity index (χ3v) is 4.46. The summed E-state index contributed by atoms with van der Waals surface area (Å²) >= 11 is 0. The van der Waals surface area contributed by atoms with Crippen LogP contribution in [0.25, 0.3) is 0 Å². The van der Waals surface area contributed by atoms with E-state index in [0.717, 1.165) is 17.9 Å². The zero-order valence-corrected chi connectivity index (χ0v) is 13.5. The molecular weight excluding hydrogens is 266 g/mol. The Kier molecular flexibility index (Phi) is 4.17. The Morgan fingerprint density at radius 1 is 1.52 bits per heavy atom. The molecule has 1 aliphatic heterocycles. The molecule has 21 heavy (non-hydrogen) atoms. The van der Waals surface area contributed by atoms with Gasteiger partial charge in [0.2, 0.25) is 0 Å². The summed E-state index contributed by atoms with van der Waals surface area (Å²) in [6.45, 7) is 8.34. The van der Waals surface area contributed by atoms with Crippen molar-refractivity contribution >= 4 is 11.7 Å². The zero-order chi connectivity index (χ0) is 15.8. The van der Waals surface area contributed by atoms with Gasteiger partial charge in [0.25, 0.3) is 0 Å². The zero-order valence-electron chi connectivity index (χ0n) is 13.5. The third-order valence-electron chi connectivity index (χ3n) is 4.46. The molecule has 1 aromatic carbocycles. The van der Waals surface area contributed by atoms with Crippen LogP contribution in [0.5, 0.6) is 5.75 Å². The van der Waals surface area contributed by atoms with Crippen molar-refractivity contribution in [2.24, 2.45) is 0 Å². The van der Waals surface area contributed by atoms with E-state index in [0.29, 0.717) is 12.3 Å². The van der Waals surface area contributed by atoms with Gasteiger partial charge in [0.05, 0.1) is 12.8 Å². The van der Waals surface area contributed by atoms with Crippen LogP contribution >= 0.6 is 0 Å². The highest BCUT2D eigenvalue weighted by Gasteiger charge is 2.43. The monoisotopic (exact) mass is 291 g/mol. The molecule has 1 aromatic rings. The van der Waals surface area contributed by atoms with Gasteiger partial charge in [-0.2, -0.15) is 0 Å². The molecule has 0 saturated heterocycles. The first kappa shape index (κ1) is 15.7. The van der Waals surface area contributed by atoms with Gasteiger partial charge >= 0.3 is 5.97 Å². The van der Waals surface area contributed by atoms with Crippen molar-refractivity contribution in [3.8, 4) is 5.75 Å². The predicted octanol–water partition coefficient (Wildman–Crippen LogP) is 3.65. The number of benzene rings is 1. The van der Waals surface area contributed by atoms with E-state index >= 15 is 0 Å². The van der Waals surface area contributed by atoms with Gasteiger partial charge in [0.1, 0.15) is 11.8 Å². The van der Waals surface area contributed by atoms with Crippen LogP contribution in [0.4, 0.5) is 5.69 Å². The maximum Gasteiger partial charge on any atom is 0.326 e. The summed E-state index contributed by atoms with van der Waals surface area (Å²) in [6, 6.07) is 5.43. The number of carbonyl (C=O) groups is 1. The fourth-order valence-electron chi connectivity index (χ4n) is 3.67. The minimum atomic E-state index is -0.781. The van der Waals surface area contributed by atoms with Gasteiger partial charge in [-0.15, -0.1) is 0 Å². The molecule has 0 aromatic heterocycles. The van der Waals surface area contributed by atoms with Crippen LogP contribution in [-0.4, -0.2) is 29.8 Å². The molecule has 0 amide bonds. The lowest BCUT2D eigenvalue weighted by Gasteiger charge is -2.50. The molecule has 1 heterocycles. The molecule has 0 spiro atoms. The molecule has 1 N–H and O–H groups in total. The van der Waals surface area contributed by atoms with Crippen LogP contribution in [0.2, 0.25) is 0 Å². The van der Waals surface area contributed by atoms with E-state index < -0.39 is 12.0 Å². The van der Waals surface area contributed by atoms with Crippen molar-refractivity contribution < 1.29 is 14.6 Å². The third kappa shape index (κ3) is 2.59. The van der Waals surface area contributed by atoms with Crippen LogP contribution in [0.3, 0.4) is 0 Å². The van der Waals surface area contributed by atoms with E-state index in [4.69, 9.17) is 4.74 Å². The number of carboxylic acid groups (broad SMARTS) is 1. The van der Waals surface area contributed by atoms with Gasteiger partial charge in [0, 0.05) is 5.54 Å². The molecule has 4 heteroatoms. The van der Waals surface area contributed by atoms with Gasteiger partial charge in [-0.1, -0.05) is 26.0 Å². The van der Waals surface area contributed by atoms with Gasteiger partial charge in [-0.05, 0) is 44.2 Å². The second-order valence-corrected chi connectivity index (χ2v) is 6.45. The lowest BCUT2D eigenvalue weighted by molar-refractivity contribution is -0.139. The summed E-state index contributed by atoms with van der Waals surface area (Å²) < 4.78 is 5.52. The number of fused-ring (bicyclic) bond motifs is 1. The van der Waals surface area contributed by atoms with E-state index in [1.807, 2.05) is 24.0 Å². The number of nitrogens with zero attached hydrogens (tertiary/aromatic N) is 1. The number of hydrogen-bond acceptors (Lipinski definition) is 3. The highest BCUT2D eigenvalue weighted by molar-refractivity contribution is 5.82. The Balaban J connectivity index is 2.68. The van der Waals surface area contributed by atoms with Crippen molar-refractivity contribution in [2.75, 3.05) is 12.0 Å². The first-order valence-electron chi connectivity index (χ1n) is 7.52. The summed E-state index contributed by atoms with van der Waals surface area (Å²) in [5.41, 5.74) is 1.89. The second-order valence-electron chi connectivity index (χ2n) is 6.45. The SMILES string of the molecule is CCC(C(=O)O)N1c2c(OC)cccc2C(C)CC1(C)C. The molecule has 2 atom stereocenters. The summed E-state index contributed by atoms with van der Waals surface area (Å²) in [5.74, 6) is 0.358. The Morgan fingerprint density at radius 3 is 2.71 bits per heavy atom. The van der Waals surface area contributed by atoms with Gasteiger partial charge < -0.3 is 14.7 Å². The first-order chi connectivity index (χ1) is 9.83. The number of hydrogen-bond donors (Lipinski definition) is 1. The van der Waals surface area contributed by atoms with Gasteiger partial charge in [0.15, 0.2) is 0 Å². The van der Waals surface area contributed by atoms with E-state index in [-0.39, 0.29) is 5.54 Å². The minimum absolute atomic E-state index is 0.222. The fourth-order valence-corrected chi connectivity index (χ4v) is 3.67. The Morgan fingerprint density at radius 2 is 2.19 bits per heavy atom. The van der Waals surface area contributed by atoms with E-state index in [2.05, 4.69) is 26.8 Å². The molecule has 0 bridgehead atoms. The molecule has 2 unspecified atom stereocenters. The lowest BCUT2D eigenvalue weighted by atomic mass is 9.78. The van der Waals surface area contributed by atoms with Crippen LogP contribution < -0.4 is 9.64 Å². The van der Waals surface area contributed by atoms with Crippen molar-refractivity contribution in [1.29, 1.82) is 0 Å². The van der Waals surface area contributed by atoms with Crippen molar-refractivity contribution in [2.45, 2.75) is 58.0 Å². The molecule has 0 fully saturated rings. The number of methoxy groups -OCH3 is 1. The van der Waals surface area contributed by atoms with E-state index in [9.17, 15) is 9.90 Å². The lowest BCUT2D eigenvalue weighted by Crippen LogP contribution is -2.56. The average Bonchev–Trinajstić information content (AvgIpc) is 2.41. The molecule has 2 rings (SSSR count). The molecule has 0 aliphatic carbocycles. The van der Waals surface area contributed by atoms with Crippen molar-refractivity contribution in [3.63, 3.8) is 0 Å². The fraction of sp³-hybridized carbons (Fsp3) is 0.588. The smallest absolute Gasteiger partial charge is 0.326 e. The number of aliphatic carboxylic acids is 1. The highest BCUT2D eigenvalue weighted by Crippen LogP contribution is 2.48. The number of ether oxygens (including phenoxy) is 1. The number of carboxylic acids is 1. The summed E-state index contributed by atoms with van der Waals surface area (Å²) in [4.78, 5) is 13.8. The second kappa shape index (κ2) is 5.58. The first-order valence-corrected chi connectivity index (χ1v) is 7.52. The average molecular weight is 291 g/mol. The van der Waals surface area contributed by atoms with Crippen LogP contribution in [0.1, 0.15) is 52.0 Å². The largest absolute Gasteiger partial charge is 0.495 e. The van der Waals surface area contributed by atoms with Gasteiger partial charge in [-0.3, -0.25) is 0 Å². The van der Waals surface area contributed by atoms with E-state index in [1.54, 1.807) is 7.11 Å². The van der Waals surface area contributed by atoms with Crippen molar-refractivity contribution in [1.82, 2.24) is 0 Å². The van der Waals surface area contributed by atoms with Gasteiger partial charge in [-0.25, -0.2) is 4.79 Å². The topological polar surface area (TPSA) is 49.8 Å². The van der Waals surface area contributed by atoms with E-state index in [1.165, 1.54) is 5.56 Å². The molecule has 0 radical (unpaired) electrons. The molecule has 1 aliphatic rings. The van der Waals surface area contributed by atoms with Crippen LogP contribution in [0.15, 0.2) is 18.2 Å². The van der Waals surface area contributed by atoms with Crippen molar-refractivity contribution in [3.05, 3.63) is 23.8 Å². The molecule has 0 saturated carbocycles. The molecule has 116 valence electrons. The maximum atomic E-state index is 11.7. The Hall–Kier alpha value is -1.71. The number of rotatable bonds is 4. The predicted molar refractivity (Wildman–Crippen MR) is 84.3 cm³/mol. The standard InChI is InChI=1S/C17H25NO3/c1-6-13(16(19)20)18-15-12(8-7-9-14(15)21-5)11(2)10-17(18,3)4/h7-9,11,13H,6,10H2,1-5H3,(H,19,20). The molecular formula is C17H25NO3. The number of para-hydroxylation sites is 1. The Labute approximate surface area is 126 Å². The highest BCUT2D eigenvalue weighted by atomic mass is 16.5. The summed E-state index contributed by atoms with van der Waals surface area (Å²) in [7, 11) is 1.64. The summed E-state index contributed by atoms with van der Waals surface area (Å²) in [6.07, 6.45) is 1.49. The Bertz CT molecular complexity index is 539. The summed E-state index contributed by atoms with van der Waals surface area (Å²) in [5, 5.41) is 9.63. The number of anilines is 1. The quantitative estimate of drug-likeness (QED) is 0.920. The minimum Gasteiger partial charge on any atom is -0.495 e. The maximum absolute atomic E-state index is 11.7. The molecule has 4 nitrogen and oxygen atoms in total.